The molecule has 3 rings (SSSR count). The van der Waals surface area contributed by atoms with Gasteiger partial charge in [0.15, 0.2) is 11.5 Å². The zero-order valence-corrected chi connectivity index (χ0v) is 13.4. The minimum Gasteiger partial charge on any atom is -0.493 e. The molecule has 0 aliphatic heterocycles. The van der Waals surface area contributed by atoms with Gasteiger partial charge in [0.05, 0.1) is 14.2 Å². The second-order valence-electron chi connectivity index (χ2n) is 5.37. The van der Waals surface area contributed by atoms with Crippen LogP contribution < -0.4 is 9.47 Å². The van der Waals surface area contributed by atoms with Crippen LogP contribution in [-0.2, 0) is 0 Å². The molecule has 23 heavy (non-hydrogen) atoms. The Morgan fingerprint density at radius 2 is 1.09 bits per heavy atom. The van der Waals surface area contributed by atoms with E-state index in [2.05, 4.69) is 60.7 Å². The Hall–Kier alpha value is -2.74. The van der Waals surface area contributed by atoms with Crippen LogP contribution in [0.4, 0.5) is 0 Å². The Kier molecular flexibility index (Phi) is 4.62. The van der Waals surface area contributed by atoms with E-state index in [1.807, 2.05) is 18.2 Å². The van der Waals surface area contributed by atoms with Crippen LogP contribution in [0.3, 0.4) is 0 Å². The fourth-order valence-corrected chi connectivity index (χ4v) is 2.90. The smallest absolute Gasteiger partial charge is 0.161 e. The maximum atomic E-state index is 5.47. The van der Waals surface area contributed by atoms with Gasteiger partial charge in [-0.05, 0) is 28.8 Å². The molecule has 0 saturated heterocycles. The zero-order valence-electron chi connectivity index (χ0n) is 13.4. The third-order valence-electron chi connectivity index (χ3n) is 4.01. The van der Waals surface area contributed by atoms with Gasteiger partial charge >= 0.3 is 0 Å². The number of ether oxygens (including phenoxy) is 2. The Morgan fingerprint density at radius 3 is 1.57 bits per heavy atom. The van der Waals surface area contributed by atoms with E-state index in [1.54, 1.807) is 14.2 Å². The number of hydrogen-bond donors (Lipinski definition) is 0. The highest BCUT2D eigenvalue weighted by atomic mass is 16.5. The van der Waals surface area contributed by atoms with Gasteiger partial charge in [0.2, 0.25) is 0 Å². The van der Waals surface area contributed by atoms with Gasteiger partial charge < -0.3 is 9.47 Å². The molecule has 116 valence electrons. The molecular weight excluding hydrogens is 284 g/mol. The molecule has 0 amide bonds. The van der Waals surface area contributed by atoms with Gasteiger partial charge in [-0.2, -0.15) is 0 Å². The maximum Gasteiger partial charge on any atom is 0.161 e. The molecule has 0 spiro atoms. The first-order valence-corrected chi connectivity index (χ1v) is 7.65. The van der Waals surface area contributed by atoms with Gasteiger partial charge in [-0.25, -0.2) is 0 Å². The lowest BCUT2D eigenvalue weighted by Gasteiger charge is -2.20. The predicted octanol–water partition coefficient (Wildman–Crippen LogP) is 4.88. The van der Waals surface area contributed by atoms with Crippen LogP contribution in [0.1, 0.15) is 22.6 Å². The van der Waals surface area contributed by atoms with Gasteiger partial charge in [-0.3, -0.25) is 0 Å². The van der Waals surface area contributed by atoms with Crippen LogP contribution in [0.5, 0.6) is 11.5 Å². The summed E-state index contributed by atoms with van der Waals surface area (Å²) in [5.74, 6) is 1.66. The minimum absolute atomic E-state index is 0.164. The molecule has 0 aliphatic carbocycles. The molecule has 3 aromatic rings. The molecule has 0 N–H and O–H groups in total. The van der Waals surface area contributed by atoms with Gasteiger partial charge in [-0.1, -0.05) is 66.7 Å². The lowest BCUT2D eigenvalue weighted by atomic mass is 9.85. The number of rotatable bonds is 5. The highest BCUT2D eigenvalue weighted by Crippen LogP contribution is 2.36. The third kappa shape index (κ3) is 3.21. The maximum absolute atomic E-state index is 5.47. The zero-order chi connectivity index (χ0) is 16.1. The third-order valence-corrected chi connectivity index (χ3v) is 4.01. The molecule has 0 aliphatic rings. The van der Waals surface area contributed by atoms with Crippen molar-refractivity contribution >= 4 is 0 Å². The van der Waals surface area contributed by atoms with E-state index >= 15 is 0 Å². The van der Waals surface area contributed by atoms with Crippen molar-refractivity contribution in [2.24, 2.45) is 0 Å². The van der Waals surface area contributed by atoms with Crippen LogP contribution in [0, 0.1) is 0 Å². The summed E-state index contributed by atoms with van der Waals surface area (Å²) < 4.78 is 10.8. The highest BCUT2D eigenvalue weighted by molar-refractivity contribution is 5.50. The van der Waals surface area contributed by atoms with Crippen molar-refractivity contribution in [1.82, 2.24) is 0 Å². The van der Waals surface area contributed by atoms with E-state index in [9.17, 15) is 0 Å². The van der Waals surface area contributed by atoms with E-state index < -0.39 is 0 Å². The standard InChI is InChI=1S/C21H20O2/c1-22-19-14-13-18(15-20(19)23-2)21(16-9-5-3-6-10-16)17-11-7-4-8-12-17/h3-15,21H,1-2H3. The predicted molar refractivity (Wildman–Crippen MR) is 93.4 cm³/mol. The molecule has 0 unspecified atom stereocenters. The Labute approximate surface area is 137 Å². The fourth-order valence-electron chi connectivity index (χ4n) is 2.90. The SMILES string of the molecule is COc1ccc(C(c2ccccc2)c2ccccc2)cc1OC. The summed E-state index contributed by atoms with van der Waals surface area (Å²) >= 11 is 0. The summed E-state index contributed by atoms with van der Waals surface area (Å²) in [6.07, 6.45) is 0. The summed E-state index contributed by atoms with van der Waals surface area (Å²) in [6.45, 7) is 0. The largest absolute Gasteiger partial charge is 0.493 e. The molecule has 2 nitrogen and oxygen atoms in total. The quantitative estimate of drug-likeness (QED) is 0.625. The van der Waals surface area contributed by atoms with Crippen LogP contribution in [0.15, 0.2) is 78.9 Å². The summed E-state index contributed by atoms with van der Waals surface area (Å²) in [5.41, 5.74) is 3.69. The van der Waals surface area contributed by atoms with Gasteiger partial charge in [-0.15, -0.1) is 0 Å². The van der Waals surface area contributed by atoms with Gasteiger partial charge in [0, 0.05) is 5.92 Å². The monoisotopic (exact) mass is 304 g/mol. The van der Waals surface area contributed by atoms with Gasteiger partial charge in [0.25, 0.3) is 0 Å². The Balaban J connectivity index is 2.13. The van der Waals surface area contributed by atoms with E-state index in [0.717, 1.165) is 11.5 Å². The normalized spacial score (nSPS) is 10.6. The molecule has 0 heterocycles. The number of methoxy groups -OCH3 is 2. The molecule has 0 atom stereocenters. The van der Waals surface area contributed by atoms with Crippen molar-refractivity contribution < 1.29 is 9.47 Å². The second kappa shape index (κ2) is 7.01. The van der Waals surface area contributed by atoms with Crippen molar-refractivity contribution in [2.45, 2.75) is 5.92 Å². The van der Waals surface area contributed by atoms with Crippen molar-refractivity contribution in [3.63, 3.8) is 0 Å². The molecule has 0 bridgehead atoms. The van der Waals surface area contributed by atoms with Crippen LogP contribution >= 0.6 is 0 Å². The summed E-state index contributed by atoms with van der Waals surface area (Å²) in [5, 5.41) is 0. The molecular formula is C21H20O2. The van der Waals surface area contributed by atoms with E-state index in [4.69, 9.17) is 9.47 Å². The molecule has 0 aromatic heterocycles. The Morgan fingerprint density at radius 1 is 0.565 bits per heavy atom. The highest BCUT2D eigenvalue weighted by Gasteiger charge is 2.18. The average molecular weight is 304 g/mol. The fraction of sp³-hybridized carbons (Fsp3) is 0.143. The summed E-state index contributed by atoms with van der Waals surface area (Å²) in [4.78, 5) is 0. The van der Waals surface area contributed by atoms with E-state index in [1.165, 1.54) is 16.7 Å². The molecule has 0 saturated carbocycles. The van der Waals surface area contributed by atoms with Crippen LogP contribution in [0.25, 0.3) is 0 Å². The first kappa shape index (κ1) is 15.2. The van der Waals surface area contributed by atoms with E-state index in [0.29, 0.717) is 0 Å². The lowest BCUT2D eigenvalue weighted by molar-refractivity contribution is 0.354. The van der Waals surface area contributed by atoms with E-state index in [-0.39, 0.29) is 5.92 Å². The number of benzene rings is 3. The molecule has 0 fully saturated rings. The van der Waals surface area contributed by atoms with Crippen molar-refractivity contribution in [3.8, 4) is 11.5 Å². The van der Waals surface area contributed by atoms with Crippen molar-refractivity contribution in [1.29, 1.82) is 0 Å². The second-order valence-corrected chi connectivity index (χ2v) is 5.37. The average Bonchev–Trinajstić information content (AvgIpc) is 2.63. The first-order valence-electron chi connectivity index (χ1n) is 7.65. The van der Waals surface area contributed by atoms with Crippen molar-refractivity contribution in [2.75, 3.05) is 14.2 Å². The first-order chi connectivity index (χ1) is 11.3. The van der Waals surface area contributed by atoms with Gasteiger partial charge in [0.1, 0.15) is 0 Å². The summed E-state index contributed by atoms with van der Waals surface area (Å²) in [7, 11) is 3.32. The lowest BCUT2D eigenvalue weighted by Crippen LogP contribution is -2.04. The Bertz CT molecular complexity index is 712. The van der Waals surface area contributed by atoms with Crippen LogP contribution in [0.2, 0.25) is 0 Å². The molecule has 2 heteroatoms. The molecule has 3 aromatic carbocycles. The van der Waals surface area contributed by atoms with Crippen molar-refractivity contribution in [3.05, 3.63) is 95.6 Å². The number of hydrogen-bond acceptors (Lipinski definition) is 2. The van der Waals surface area contributed by atoms with Crippen LogP contribution in [-0.4, -0.2) is 14.2 Å². The molecule has 0 radical (unpaired) electrons. The topological polar surface area (TPSA) is 18.5 Å². The minimum atomic E-state index is 0.164. The summed E-state index contributed by atoms with van der Waals surface area (Å²) in [6, 6.07) is 27.2.